The van der Waals surface area contributed by atoms with Crippen LogP contribution in [-0.4, -0.2) is 7.11 Å². The molecule has 3 rings (SSSR count). The van der Waals surface area contributed by atoms with Crippen molar-refractivity contribution in [1.29, 1.82) is 0 Å². The van der Waals surface area contributed by atoms with Crippen LogP contribution in [0.4, 0.5) is 10.1 Å². The summed E-state index contributed by atoms with van der Waals surface area (Å²) in [5.41, 5.74) is 4.34. The molecule has 1 N–H and O–H groups in total. The average Bonchev–Trinajstić information content (AvgIpc) is 2.72. The van der Waals surface area contributed by atoms with Crippen LogP contribution < -0.4 is 14.8 Å². The molecule has 0 spiro atoms. The molecule has 0 saturated heterocycles. The number of methoxy groups -OCH3 is 1. The lowest BCUT2D eigenvalue weighted by Crippen LogP contribution is -2.03. The SMILES string of the molecule is CCc1ccc(NCc2cc(Br)c(OCc3ccc(F)cc3)c(OC)c2)cc1. The van der Waals surface area contributed by atoms with E-state index in [9.17, 15) is 4.39 Å². The van der Waals surface area contributed by atoms with Gasteiger partial charge in [0, 0.05) is 12.2 Å². The van der Waals surface area contributed by atoms with Gasteiger partial charge < -0.3 is 14.8 Å². The van der Waals surface area contributed by atoms with E-state index in [1.807, 2.05) is 12.1 Å². The Bertz CT molecular complexity index is 911. The van der Waals surface area contributed by atoms with E-state index in [4.69, 9.17) is 9.47 Å². The van der Waals surface area contributed by atoms with Crippen molar-refractivity contribution in [2.45, 2.75) is 26.5 Å². The molecule has 0 saturated carbocycles. The maximum Gasteiger partial charge on any atom is 0.175 e. The molecule has 0 heterocycles. The van der Waals surface area contributed by atoms with Crippen molar-refractivity contribution in [3.05, 3.63) is 87.6 Å². The summed E-state index contributed by atoms with van der Waals surface area (Å²) in [5.74, 6) is 1.01. The van der Waals surface area contributed by atoms with Crippen molar-refractivity contribution in [2.75, 3.05) is 12.4 Å². The Morgan fingerprint density at radius 3 is 2.25 bits per heavy atom. The van der Waals surface area contributed by atoms with Crippen LogP contribution in [0.2, 0.25) is 0 Å². The maximum absolute atomic E-state index is 13.0. The van der Waals surface area contributed by atoms with Gasteiger partial charge in [-0.1, -0.05) is 31.2 Å². The Labute approximate surface area is 173 Å². The van der Waals surface area contributed by atoms with E-state index in [-0.39, 0.29) is 5.82 Å². The van der Waals surface area contributed by atoms with Gasteiger partial charge in [0.1, 0.15) is 12.4 Å². The Hall–Kier alpha value is -2.53. The first-order chi connectivity index (χ1) is 13.6. The van der Waals surface area contributed by atoms with Gasteiger partial charge in [0.05, 0.1) is 11.6 Å². The highest BCUT2D eigenvalue weighted by molar-refractivity contribution is 9.10. The van der Waals surface area contributed by atoms with Gasteiger partial charge in [0.2, 0.25) is 0 Å². The third-order valence-electron chi connectivity index (χ3n) is 4.44. The molecular weight excluding hydrogens is 421 g/mol. The van der Waals surface area contributed by atoms with Gasteiger partial charge >= 0.3 is 0 Å². The summed E-state index contributed by atoms with van der Waals surface area (Å²) in [7, 11) is 1.62. The molecule has 0 aliphatic heterocycles. The number of aryl methyl sites for hydroxylation is 1. The summed E-state index contributed by atoms with van der Waals surface area (Å²) in [6, 6.07) is 18.7. The highest BCUT2D eigenvalue weighted by Crippen LogP contribution is 2.37. The second kappa shape index (κ2) is 9.60. The quantitative estimate of drug-likeness (QED) is 0.439. The average molecular weight is 444 g/mol. The van der Waals surface area contributed by atoms with E-state index in [0.717, 1.165) is 27.7 Å². The lowest BCUT2D eigenvalue weighted by molar-refractivity contribution is 0.282. The van der Waals surface area contributed by atoms with Crippen molar-refractivity contribution < 1.29 is 13.9 Å². The topological polar surface area (TPSA) is 30.5 Å². The number of hydrogen-bond donors (Lipinski definition) is 1. The molecule has 146 valence electrons. The lowest BCUT2D eigenvalue weighted by Gasteiger charge is -2.15. The molecule has 0 unspecified atom stereocenters. The number of halogens is 2. The minimum absolute atomic E-state index is 0.260. The van der Waals surface area contributed by atoms with Gasteiger partial charge in [-0.05, 0) is 75.4 Å². The van der Waals surface area contributed by atoms with Crippen LogP contribution in [0.3, 0.4) is 0 Å². The van der Waals surface area contributed by atoms with Gasteiger partial charge in [0.25, 0.3) is 0 Å². The predicted octanol–water partition coefficient (Wildman–Crippen LogP) is 6.35. The molecule has 0 bridgehead atoms. The Balaban J connectivity index is 1.68. The fourth-order valence-corrected chi connectivity index (χ4v) is 3.42. The molecule has 0 atom stereocenters. The smallest absolute Gasteiger partial charge is 0.175 e. The first kappa shape index (κ1) is 20.2. The number of hydrogen-bond acceptors (Lipinski definition) is 3. The number of rotatable bonds is 8. The van der Waals surface area contributed by atoms with E-state index in [0.29, 0.717) is 24.7 Å². The van der Waals surface area contributed by atoms with Gasteiger partial charge in [-0.15, -0.1) is 0 Å². The normalized spacial score (nSPS) is 10.6. The zero-order valence-electron chi connectivity index (χ0n) is 16.0. The van der Waals surface area contributed by atoms with Gasteiger partial charge in [-0.3, -0.25) is 0 Å². The molecule has 28 heavy (non-hydrogen) atoms. The van der Waals surface area contributed by atoms with E-state index >= 15 is 0 Å². The van der Waals surface area contributed by atoms with Crippen LogP contribution in [0.25, 0.3) is 0 Å². The van der Waals surface area contributed by atoms with Crippen LogP contribution in [-0.2, 0) is 19.6 Å². The molecule has 0 fully saturated rings. The number of nitrogens with one attached hydrogen (secondary N) is 1. The van der Waals surface area contributed by atoms with Crippen molar-refractivity contribution >= 4 is 21.6 Å². The van der Waals surface area contributed by atoms with Crippen molar-refractivity contribution in [3.8, 4) is 11.5 Å². The number of anilines is 1. The predicted molar refractivity (Wildman–Crippen MR) is 115 cm³/mol. The number of ether oxygens (including phenoxy) is 2. The third kappa shape index (κ3) is 5.26. The second-order valence-corrected chi connectivity index (χ2v) is 7.28. The maximum atomic E-state index is 13.0. The Morgan fingerprint density at radius 2 is 1.61 bits per heavy atom. The van der Waals surface area contributed by atoms with Crippen LogP contribution >= 0.6 is 15.9 Å². The number of benzene rings is 3. The van der Waals surface area contributed by atoms with Crippen LogP contribution in [0.1, 0.15) is 23.6 Å². The van der Waals surface area contributed by atoms with Crippen molar-refractivity contribution in [2.24, 2.45) is 0 Å². The molecule has 0 aromatic heterocycles. The van der Waals surface area contributed by atoms with E-state index < -0.39 is 0 Å². The molecule has 0 amide bonds. The van der Waals surface area contributed by atoms with Gasteiger partial charge in [-0.2, -0.15) is 0 Å². The van der Waals surface area contributed by atoms with Gasteiger partial charge in [0.15, 0.2) is 11.5 Å². The summed E-state index contributed by atoms with van der Waals surface area (Å²) in [5, 5.41) is 3.42. The van der Waals surface area contributed by atoms with Crippen LogP contribution in [0, 0.1) is 5.82 Å². The summed E-state index contributed by atoms with van der Waals surface area (Å²) in [6.07, 6.45) is 1.03. The fraction of sp³-hybridized carbons (Fsp3) is 0.217. The Morgan fingerprint density at radius 1 is 0.929 bits per heavy atom. The highest BCUT2D eigenvalue weighted by Gasteiger charge is 2.12. The van der Waals surface area contributed by atoms with Gasteiger partial charge in [-0.25, -0.2) is 4.39 Å². The molecule has 3 nitrogen and oxygen atoms in total. The molecule has 3 aromatic carbocycles. The zero-order chi connectivity index (χ0) is 19.9. The van der Waals surface area contributed by atoms with Crippen LogP contribution in [0.15, 0.2) is 65.1 Å². The first-order valence-electron chi connectivity index (χ1n) is 9.15. The first-order valence-corrected chi connectivity index (χ1v) is 9.94. The van der Waals surface area contributed by atoms with Crippen molar-refractivity contribution in [1.82, 2.24) is 0 Å². The molecule has 0 aliphatic carbocycles. The minimum Gasteiger partial charge on any atom is -0.493 e. The molecular formula is C23H23BrFNO2. The van der Waals surface area contributed by atoms with Crippen molar-refractivity contribution in [3.63, 3.8) is 0 Å². The monoisotopic (exact) mass is 443 g/mol. The summed E-state index contributed by atoms with van der Waals surface area (Å²) < 4.78 is 25.3. The van der Waals surface area contributed by atoms with E-state index in [1.54, 1.807) is 19.2 Å². The summed E-state index contributed by atoms with van der Waals surface area (Å²) in [4.78, 5) is 0. The van der Waals surface area contributed by atoms with E-state index in [1.165, 1.54) is 17.7 Å². The summed E-state index contributed by atoms with van der Waals surface area (Å²) >= 11 is 3.58. The summed E-state index contributed by atoms with van der Waals surface area (Å²) in [6.45, 7) is 3.14. The zero-order valence-corrected chi connectivity index (χ0v) is 17.6. The molecule has 5 heteroatoms. The third-order valence-corrected chi connectivity index (χ3v) is 5.03. The molecule has 3 aromatic rings. The highest BCUT2D eigenvalue weighted by atomic mass is 79.9. The fourth-order valence-electron chi connectivity index (χ4n) is 2.81. The van der Waals surface area contributed by atoms with Crippen LogP contribution in [0.5, 0.6) is 11.5 Å². The lowest BCUT2D eigenvalue weighted by atomic mass is 10.1. The second-order valence-electron chi connectivity index (χ2n) is 6.43. The standard InChI is InChI=1S/C23H23BrFNO2/c1-3-16-6-10-20(11-7-16)26-14-18-12-21(24)23(22(13-18)27-2)28-15-17-4-8-19(25)9-5-17/h4-13,26H,3,14-15H2,1-2H3. The Kier molecular flexibility index (Phi) is 6.93. The molecule has 0 aliphatic rings. The minimum atomic E-state index is -0.260. The largest absolute Gasteiger partial charge is 0.493 e. The van der Waals surface area contributed by atoms with E-state index in [2.05, 4.69) is 52.4 Å². The molecule has 0 radical (unpaired) electrons.